The third-order valence-electron chi connectivity index (χ3n) is 2.68. The van der Waals surface area contributed by atoms with Crippen LogP contribution in [0.25, 0.3) is 0 Å². The molecular weight excluding hydrogens is 308 g/mol. The molecule has 0 fully saturated rings. The van der Waals surface area contributed by atoms with Crippen molar-refractivity contribution in [2.45, 2.75) is 13.5 Å². The SMILES string of the molecule is CCOC(=O)c1ccc(CNC(=O)Nc2ccccc2Cl)o1. The summed E-state index contributed by atoms with van der Waals surface area (Å²) in [6, 6.07) is 9.57. The minimum absolute atomic E-state index is 0.102. The van der Waals surface area contributed by atoms with E-state index >= 15 is 0 Å². The Morgan fingerprint density at radius 2 is 2.00 bits per heavy atom. The number of rotatable bonds is 5. The smallest absolute Gasteiger partial charge is 0.374 e. The van der Waals surface area contributed by atoms with Gasteiger partial charge >= 0.3 is 12.0 Å². The van der Waals surface area contributed by atoms with Gasteiger partial charge in [0.15, 0.2) is 0 Å². The van der Waals surface area contributed by atoms with Crippen LogP contribution in [-0.4, -0.2) is 18.6 Å². The molecule has 2 amide bonds. The van der Waals surface area contributed by atoms with E-state index < -0.39 is 12.0 Å². The lowest BCUT2D eigenvalue weighted by molar-refractivity contribution is 0.0488. The average Bonchev–Trinajstić information content (AvgIpc) is 2.97. The number of halogens is 1. The molecule has 116 valence electrons. The van der Waals surface area contributed by atoms with Crippen LogP contribution in [0.4, 0.5) is 10.5 Å². The molecule has 0 unspecified atom stereocenters. The number of hydrogen-bond donors (Lipinski definition) is 2. The molecule has 0 aliphatic heterocycles. The highest BCUT2D eigenvalue weighted by Crippen LogP contribution is 2.20. The van der Waals surface area contributed by atoms with Crippen molar-refractivity contribution in [3.05, 3.63) is 52.9 Å². The molecule has 6 nitrogen and oxygen atoms in total. The van der Waals surface area contributed by atoms with E-state index in [-0.39, 0.29) is 18.9 Å². The van der Waals surface area contributed by atoms with Crippen molar-refractivity contribution in [2.75, 3.05) is 11.9 Å². The lowest BCUT2D eigenvalue weighted by Crippen LogP contribution is -2.28. The highest BCUT2D eigenvalue weighted by Gasteiger charge is 2.12. The number of ether oxygens (including phenoxy) is 1. The Hall–Kier alpha value is -2.47. The van der Waals surface area contributed by atoms with Gasteiger partial charge in [0.2, 0.25) is 5.76 Å². The van der Waals surface area contributed by atoms with Gasteiger partial charge in [-0.15, -0.1) is 0 Å². The van der Waals surface area contributed by atoms with Crippen LogP contribution in [0.2, 0.25) is 5.02 Å². The molecular formula is C15H15ClN2O4. The molecule has 0 atom stereocenters. The van der Waals surface area contributed by atoms with Crippen molar-refractivity contribution in [3.8, 4) is 0 Å². The largest absolute Gasteiger partial charge is 0.460 e. The van der Waals surface area contributed by atoms with Gasteiger partial charge in [-0.3, -0.25) is 0 Å². The van der Waals surface area contributed by atoms with E-state index in [9.17, 15) is 9.59 Å². The maximum Gasteiger partial charge on any atom is 0.374 e. The minimum atomic E-state index is -0.533. The van der Waals surface area contributed by atoms with Crippen molar-refractivity contribution < 1.29 is 18.7 Å². The maximum absolute atomic E-state index is 11.8. The zero-order valence-corrected chi connectivity index (χ0v) is 12.6. The number of amides is 2. The van der Waals surface area contributed by atoms with Crippen molar-refractivity contribution in [3.63, 3.8) is 0 Å². The van der Waals surface area contributed by atoms with Gasteiger partial charge in [0.05, 0.1) is 23.9 Å². The molecule has 0 radical (unpaired) electrons. The van der Waals surface area contributed by atoms with Crippen LogP contribution in [-0.2, 0) is 11.3 Å². The van der Waals surface area contributed by atoms with Gasteiger partial charge in [-0.1, -0.05) is 23.7 Å². The van der Waals surface area contributed by atoms with Gasteiger partial charge in [0.25, 0.3) is 0 Å². The molecule has 22 heavy (non-hydrogen) atoms. The molecule has 2 rings (SSSR count). The summed E-state index contributed by atoms with van der Waals surface area (Å²) in [6.45, 7) is 2.12. The number of anilines is 1. The first-order valence-corrected chi connectivity index (χ1v) is 7.03. The molecule has 2 aromatic rings. The van der Waals surface area contributed by atoms with Crippen LogP contribution >= 0.6 is 11.6 Å². The molecule has 2 N–H and O–H groups in total. The third-order valence-corrected chi connectivity index (χ3v) is 3.01. The Labute approximate surface area is 132 Å². The first-order valence-electron chi connectivity index (χ1n) is 6.65. The number of furan rings is 1. The summed E-state index contributed by atoms with van der Waals surface area (Å²) in [5.41, 5.74) is 0.508. The monoisotopic (exact) mass is 322 g/mol. The number of nitrogens with one attached hydrogen (secondary N) is 2. The van der Waals surface area contributed by atoms with E-state index in [0.717, 1.165) is 0 Å². The average molecular weight is 323 g/mol. The number of carbonyl (C=O) groups excluding carboxylic acids is 2. The molecule has 0 aliphatic carbocycles. The topological polar surface area (TPSA) is 80.6 Å². The summed E-state index contributed by atoms with van der Waals surface area (Å²) >= 11 is 5.94. The van der Waals surface area contributed by atoms with E-state index in [1.165, 1.54) is 6.07 Å². The van der Waals surface area contributed by atoms with Crippen molar-refractivity contribution >= 4 is 29.3 Å². The quantitative estimate of drug-likeness (QED) is 0.826. The van der Waals surface area contributed by atoms with Gasteiger partial charge < -0.3 is 19.8 Å². The Morgan fingerprint density at radius 1 is 1.23 bits per heavy atom. The Morgan fingerprint density at radius 3 is 2.73 bits per heavy atom. The first kappa shape index (κ1) is 15.9. The van der Waals surface area contributed by atoms with Crippen LogP contribution in [0, 0.1) is 0 Å². The first-order chi connectivity index (χ1) is 10.6. The summed E-state index contributed by atoms with van der Waals surface area (Å²) in [4.78, 5) is 23.2. The van der Waals surface area contributed by atoms with E-state index in [1.54, 1.807) is 37.3 Å². The number of benzene rings is 1. The zero-order chi connectivity index (χ0) is 15.9. The molecule has 0 saturated carbocycles. The van der Waals surface area contributed by atoms with Crippen LogP contribution in [0.3, 0.4) is 0 Å². The van der Waals surface area contributed by atoms with E-state index in [1.807, 2.05) is 0 Å². The predicted octanol–water partition coefficient (Wildman–Crippen LogP) is 3.43. The molecule has 0 aliphatic rings. The minimum Gasteiger partial charge on any atom is -0.460 e. The lowest BCUT2D eigenvalue weighted by Gasteiger charge is -2.07. The van der Waals surface area contributed by atoms with Crippen molar-refractivity contribution in [1.29, 1.82) is 0 Å². The number of hydrogen-bond acceptors (Lipinski definition) is 4. The van der Waals surface area contributed by atoms with Crippen LogP contribution in [0.1, 0.15) is 23.2 Å². The normalized spacial score (nSPS) is 10.1. The molecule has 7 heteroatoms. The van der Waals surface area contributed by atoms with Gasteiger partial charge in [-0.05, 0) is 31.2 Å². The molecule has 1 aromatic carbocycles. The summed E-state index contributed by atoms with van der Waals surface area (Å²) in [5.74, 6) is 0.0109. The number of carbonyl (C=O) groups is 2. The summed E-state index contributed by atoms with van der Waals surface area (Å²) in [6.07, 6.45) is 0. The highest BCUT2D eigenvalue weighted by molar-refractivity contribution is 6.33. The molecule has 0 spiro atoms. The summed E-state index contributed by atoms with van der Waals surface area (Å²) in [7, 11) is 0. The second-order valence-corrected chi connectivity index (χ2v) is 4.68. The van der Waals surface area contributed by atoms with Gasteiger partial charge in [0.1, 0.15) is 5.76 Å². The fourth-order valence-corrected chi connectivity index (χ4v) is 1.86. The van der Waals surface area contributed by atoms with Crippen LogP contribution < -0.4 is 10.6 Å². The molecule has 1 heterocycles. The Bertz CT molecular complexity index is 669. The van der Waals surface area contributed by atoms with Crippen molar-refractivity contribution in [2.24, 2.45) is 0 Å². The Balaban J connectivity index is 1.86. The molecule has 0 saturated heterocycles. The molecule has 1 aromatic heterocycles. The molecule has 0 bridgehead atoms. The van der Waals surface area contributed by atoms with Crippen LogP contribution in [0.15, 0.2) is 40.8 Å². The van der Waals surface area contributed by atoms with Gasteiger partial charge in [0, 0.05) is 0 Å². The van der Waals surface area contributed by atoms with E-state index in [2.05, 4.69) is 10.6 Å². The van der Waals surface area contributed by atoms with Gasteiger partial charge in [-0.2, -0.15) is 0 Å². The highest BCUT2D eigenvalue weighted by atomic mass is 35.5. The fraction of sp³-hybridized carbons (Fsp3) is 0.200. The zero-order valence-electron chi connectivity index (χ0n) is 11.9. The number of urea groups is 1. The summed E-state index contributed by atoms with van der Waals surface area (Å²) < 4.78 is 10.1. The van der Waals surface area contributed by atoms with Crippen LogP contribution in [0.5, 0.6) is 0 Å². The summed E-state index contributed by atoms with van der Waals surface area (Å²) in [5, 5.41) is 5.66. The van der Waals surface area contributed by atoms with Crippen molar-refractivity contribution in [1.82, 2.24) is 5.32 Å². The standard InChI is InChI=1S/C15H15ClN2O4/c1-2-21-14(19)13-8-7-10(22-13)9-17-15(20)18-12-6-4-3-5-11(12)16/h3-8H,2,9H2,1H3,(H2,17,18,20). The van der Waals surface area contributed by atoms with E-state index in [0.29, 0.717) is 16.5 Å². The number of para-hydroxylation sites is 1. The number of esters is 1. The predicted molar refractivity (Wildman–Crippen MR) is 82.0 cm³/mol. The maximum atomic E-state index is 11.8. The third kappa shape index (κ3) is 4.26. The Kier molecular flexibility index (Phi) is 5.43. The lowest BCUT2D eigenvalue weighted by atomic mass is 10.3. The second-order valence-electron chi connectivity index (χ2n) is 4.27. The fourth-order valence-electron chi connectivity index (χ4n) is 1.68. The second kappa shape index (κ2) is 7.51. The van der Waals surface area contributed by atoms with Gasteiger partial charge in [-0.25, -0.2) is 9.59 Å². The van der Waals surface area contributed by atoms with E-state index in [4.69, 9.17) is 20.8 Å².